The van der Waals surface area contributed by atoms with Gasteiger partial charge >= 0.3 is 0 Å². The van der Waals surface area contributed by atoms with Gasteiger partial charge in [-0.3, -0.25) is 9.59 Å². The van der Waals surface area contributed by atoms with Crippen LogP contribution < -0.4 is 10.6 Å². The number of hydrogen-bond acceptors (Lipinski definition) is 4. The Morgan fingerprint density at radius 3 is 2.22 bits per heavy atom. The quantitative estimate of drug-likeness (QED) is 0.804. The second kappa shape index (κ2) is 8.42. The molecule has 2 amide bonds. The zero-order valence-electron chi connectivity index (χ0n) is 15.7. The average molecular weight is 393 g/mol. The molecule has 0 bridgehead atoms. The lowest BCUT2D eigenvalue weighted by Crippen LogP contribution is -2.41. The van der Waals surface area contributed by atoms with Crippen LogP contribution in [0.1, 0.15) is 44.6 Å². The number of nitrogens with one attached hydrogen (secondary N) is 2. The predicted octanol–water partition coefficient (Wildman–Crippen LogP) is 2.30. The maximum Gasteiger partial charge on any atom is 0.227 e. The van der Waals surface area contributed by atoms with E-state index in [1.54, 1.807) is 0 Å². The van der Waals surface area contributed by atoms with Crippen LogP contribution in [0.2, 0.25) is 0 Å². The first-order valence-electron chi connectivity index (χ1n) is 9.77. The summed E-state index contributed by atoms with van der Waals surface area (Å²) in [7, 11) is -3.00. The molecule has 1 aliphatic heterocycles. The first-order valence-corrected chi connectivity index (χ1v) is 11.6. The van der Waals surface area contributed by atoms with Crippen molar-refractivity contribution in [2.24, 2.45) is 11.8 Å². The number of anilines is 1. The standard InChI is InChI=1S/C20H28N2O4S/c1-2-14-5-3-4-6-18(14)22-20(24)16-9-7-15(8-10-16)19(23)21-17-11-12-27(25,26)13-17/h3-6,15-17H,2,7-13H2,1H3,(H,21,23)(H,22,24). The fraction of sp³-hybridized carbons (Fsp3) is 0.600. The number of benzene rings is 1. The van der Waals surface area contributed by atoms with E-state index in [2.05, 4.69) is 17.6 Å². The zero-order chi connectivity index (χ0) is 19.4. The third-order valence-electron chi connectivity index (χ3n) is 5.70. The first-order chi connectivity index (χ1) is 12.9. The van der Waals surface area contributed by atoms with Crippen molar-refractivity contribution in [2.45, 2.75) is 51.5 Å². The molecular weight excluding hydrogens is 364 g/mol. The van der Waals surface area contributed by atoms with Crippen LogP contribution in [0.4, 0.5) is 5.69 Å². The highest BCUT2D eigenvalue weighted by atomic mass is 32.2. The van der Waals surface area contributed by atoms with Crippen molar-refractivity contribution >= 4 is 27.3 Å². The van der Waals surface area contributed by atoms with E-state index in [1.165, 1.54) is 0 Å². The van der Waals surface area contributed by atoms with Crippen LogP contribution >= 0.6 is 0 Å². The fourth-order valence-electron chi connectivity index (χ4n) is 4.03. The van der Waals surface area contributed by atoms with Gasteiger partial charge in [0.2, 0.25) is 11.8 Å². The van der Waals surface area contributed by atoms with Crippen LogP contribution in [-0.2, 0) is 25.8 Å². The van der Waals surface area contributed by atoms with Crippen LogP contribution in [0, 0.1) is 11.8 Å². The van der Waals surface area contributed by atoms with Gasteiger partial charge in [0.25, 0.3) is 0 Å². The van der Waals surface area contributed by atoms with E-state index in [4.69, 9.17) is 0 Å². The number of aryl methyl sites for hydroxylation is 1. The van der Waals surface area contributed by atoms with Crippen LogP contribution in [0.5, 0.6) is 0 Å². The summed E-state index contributed by atoms with van der Waals surface area (Å²) in [5.74, 6) is -0.0349. The Kier molecular flexibility index (Phi) is 6.19. The van der Waals surface area contributed by atoms with E-state index in [-0.39, 0.29) is 41.2 Å². The molecule has 1 aromatic rings. The molecule has 1 heterocycles. The van der Waals surface area contributed by atoms with Gasteiger partial charge < -0.3 is 10.6 Å². The summed E-state index contributed by atoms with van der Waals surface area (Å²) < 4.78 is 23.0. The summed E-state index contributed by atoms with van der Waals surface area (Å²) >= 11 is 0. The molecule has 1 atom stereocenters. The van der Waals surface area contributed by atoms with E-state index < -0.39 is 9.84 Å². The van der Waals surface area contributed by atoms with Gasteiger partial charge in [-0.2, -0.15) is 0 Å². The third-order valence-corrected chi connectivity index (χ3v) is 7.47. The highest BCUT2D eigenvalue weighted by Crippen LogP contribution is 2.30. The highest BCUT2D eigenvalue weighted by molar-refractivity contribution is 7.91. The van der Waals surface area contributed by atoms with Gasteiger partial charge in [-0.05, 0) is 50.2 Å². The molecule has 7 heteroatoms. The second-order valence-electron chi connectivity index (χ2n) is 7.66. The minimum atomic E-state index is -3.00. The maximum absolute atomic E-state index is 12.6. The van der Waals surface area contributed by atoms with Crippen molar-refractivity contribution < 1.29 is 18.0 Å². The Bertz CT molecular complexity index is 798. The zero-order valence-corrected chi connectivity index (χ0v) is 16.6. The highest BCUT2D eigenvalue weighted by Gasteiger charge is 2.33. The van der Waals surface area contributed by atoms with Crippen molar-refractivity contribution in [3.8, 4) is 0 Å². The average Bonchev–Trinajstić information content (AvgIpc) is 3.00. The molecule has 1 aromatic carbocycles. The number of para-hydroxylation sites is 1. The Balaban J connectivity index is 1.48. The molecule has 148 valence electrons. The summed E-state index contributed by atoms with van der Waals surface area (Å²) in [5.41, 5.74) is 1.98. The maximum atomic E-state index is 12.6. The van der Waals surface area contributed by atoms with Crippen LogP contribution in [0.25, 0.3) is 0 Å². The van der Waals surface area contributed by atoms with Crippen molar-refractivity contribution in [2.75, 3.05) is 16.8 Å². The number of carbonyl (C=O) groups is 2. The Morgan fingerprint density at radius 2 is 1.63 bits per heavy atom. The minimum absolute atomic E-state index is 0.0247. The molecule has 0 spiro atoms. The van der Waals surface area contributed by atoms with Gasteiger partial charge in [-0.25, -0.2) is 8.42 Å². The van der Waals surface area contributed by atoms with Gasteiger partial charge in [-0.15, -0.1) is 0 Å². The van der Waals surface area contributed by atoms with Gasteiger partial charge in [0.1, 0.15) is 0 Å². The smallest absolute Gasteiger partial charge is 0.227 e. The monoisotopic (exact) mass is 392 g/mol. The number of hydrogen-bond donors (Lipinski definition) is 2. The molecule has 2 aliphatic rings. The predicted molar refractivity (Wildman–Crippen MR) is 105 cm³/mol. The molecule has 1 aliphatic carbocycles. The van der Waals surface area contributed by atoms with Gasteiger partial charge in [0.05, 0.1) is 11.5 Å². The Hall–Kier alpha value is -1.89. The van der Waals surface area contributed by atoms with E-state index in [9.17, 15) is 18.0 Å². The molecule has 1 saturated carbocycles. The van der Waals surface area contributed by atoms with Crippen molar-refractivity contribution in [3.05, 3.63) is 29.8 Å². The molecule has 0 aromatic heterocycles. The van der Waals surface area contributed by atoms with E-state index in [0.717, 1.165) is 17.7 Å². The summed E-state index contributed by atoms with van der Waals surface area (Å²) in [6.07, 6.45) is 4.06. The minimum Gasteiger partial charge on any atom is -0.352 e. The van der Waals surface area contributed by atoms with Crippen molar-refractivity contribution in [3.63, 3.8) is 0 Å². The van der Waals surface area contributed by atoms with E-state index in [0.29, 0.717) is 32.1 Å². The van der Waals surface area contributed by atoms with E-state index >= 15 is 0 Å². The molecular formula is C20H28N2O4S. The molecule has 2 fully saturated rings. The molecule has 6 nitrogen and oxygen atoms in total. The number of rotatable bonds is 5. The van der Waals surface area contributed by atoms with Gasteiger partial charge in [-0.1, -0.05) is 25.1 Å². The molecule has 2 N–H and O–H groups in total. The summed E-state index contributed by atoms with van der Waals surface area (Å²) in [4.78, 5) is 25.0. The molecule has 3 rings (SSSR count). The largest absolute Gasteiger partial charge is 0.352 e. The normalized spacial score (nSPS) is 27.1. The van der Waals surface area contributed by atoms with Crippen LogP contribution in [-0.4, -0.2) is 37.8 Å². The van der Waals surface area contributed by atoms with Crippen LogP contribution in [0.3, 0.4) is 0 Å². The van der Waals surface area contributed by atoms with Gasteiger partial charge in [0, 0.05) is 23.6 Å². The molecule has 27 heavy (non-hydrogen) atoms. The third kappa shape index (κ3) is 5.09. The molecule has 1 unspecified atom stereocenters. The summed E-state index contributed by atoms with van der Waals surface area (Å²) in [6.45, 7) is 2.06. The number of carbonyl (C=O) groups excluding carboxylic acids is 2. The lowest BCUT2D eigenvalue weighted by atomic mass is 9.81. The molecule has 0 radical (unpaired) electrons. The lowest BCUT2D eigenvalue weighted by molar-refractivity contribution is -0.129. The van der Waals surface area contributed by atoms with E-state index in [1.807, 2.05) is 24.3 Å². The Morgan fingerprint density at radius 1 is 1.00 bits per heavy atom. The summed E-state index contributed by atoms with van der Waals surface area (Å²) in [5, 5.41) is 5.92. The van der Waals surface area contributed by atoms with Gasteiger partial charge in [0.15, 0.2) is 9.84 Å². The van der Waals surface area contributed by atoms with Crippen molar-refractivity contribution in [1.82, 2.24) is 5.32 Å². The van der Waals surface area contributed by atoms with Crippen LogP contribution in [0.15, 0.2) is 24.3 Å². The SMILES string of the molecule is CCc1ccccc1NC(=O)C1CCC(C(=O)NC2CCS(=O)(=O)C2)CC1. The number of amides is 2. The number of sulfone groups is 1. The summed E-state index contributed by atoms with van der Waals surface area (Å²) in [6, 6.07) is 7.56. The fourth-order valence-corrected chi connectivity index (χ4v) is 5.70. The topological polar surface area (TPSA) is 92.3 Å². The first kappa shape index (κ1) is 19.9. The second-order valence-corrected chi connectivity index (χ2v) is 9.89. The molecule has 1 saturated heterocycles. The lowest BCUT2D eigenvalue weighted by Gasteiger charge is -2.28. The Labute approximate surface area is 161 Å². The van der Waals surface area contributed by atoms with Crippen molar-refractivity contribution in [1.29, 1.82) is 0 Å².